The summed E-state index contributed by atoms with van der Waals surface area (Å²) >= 11 is 0. The lowest BCUT2D eigenvalue weighted by molar-refractivity contribution is -0.386. The molecule has 0 aliphatic heterocycles. The summed E-state index contributed by atoms with van der Waals surface area (Å²) < 4.78 is 13.4. The van der Waals surface area contributed by atoms with Crippen LogP contribution in [0.3, 0.4) is 0 Å². The number of nitro groups is 1. The molecule has 3 rings (SSSR count). The molecule has 152 valence electrons. The van der Waals surface area contributed by atoms with E-state index in [0.29, 0.717) is 23.7 Å². The van der Waals surface area contributed by atoms with E-state index in [9.17, 15) is 14.9 Å². The molecule has 29 heavy (non-hydrogen) atoms. The molecule has 1 heterocycles. The summed E-state index contributed by atoms with van der Waals surface area (Å²) in [5, 5.41) is 14.7. The molecular formula is C20H22N4O5. The summed E-state index contributed by atoms with van der Waals surface area (Å²) in [6.45, 7) is 0.534. The topological polar surface area (TPSA) is 101 Å². The van der Waals surface area contributed by atoms with Gasteiger partial charge in [-0.25, -0.2) is 4.68 Å². The molecule has 0 aliphatic rings. The zero-order valence-electron chi connectivity index (χ0n) is 16.4. The van der Waals surface area contributed by atoms with Crippen LogP contribution in [-0.2, 0) is 20.1 Å². The van der Waals surface area contributed by atoms with Crippen molar-refractivity contribution < 1.29 is 14.4 Å². The van der Waals surface area contributed by atoms with E-state index in [1.54, 1.807) is 51.6 Å². The molecular weight excluding hydrogens is 376 g/mol. The average molecular weight is 398 g/mol. The van der Waals surface area contributed by atoms with E-state index in [1.807, 2.05) is 18.2 Å². The van der Waals surface area contributed by atoms with Gasteiger partial charge in [0.2, 0.25) is 0 Å². The number of nitrogens with zero attached hydrogens (tertiary/aromatic N) is 3. The number of hydrogen-bond acceptors (Lipinski definition) is 6. The Labute approximate surface area is 167 Å². The van der Waals surface area contributed by atoms with Gasteiger partial charge in [0.15, 0.2) is 0 Å². The van der Waals surface area contributed by atoms with Gasteiger partial charge < -0.3 is 14.8 Å². The number of hydrogen-bond donors (Lipinski definition) is 1. The van der Waals surface area contributed by atoms with Crippen LogP contribution in [0.4, 0.5) is 5.69 Å². The lowest BCUT2D eigenvalue weighted by Gasteiger charge is -2.12. The van der Waals surface area contributed by atoms with E-state index < -0.39 is 16.2 Å². The van der Waals surface area contributed by atoms with Crippen LogP contribution in [0.15, 0.2) is 53.3 Å². The minimum atomic E-state index is -0.664. The maximum atomic E-state index is 12.7. The van der Waals surface area contributed by atoms with Gasteiger partial charge in [-0.3, -0.25) is 19.6 Å². The molecule has 0 saturated heterocycles. The largest absolute Gasteiger partial charge is 0.497 e. The van der Waals surface area contributed by atoms with Crippen molar-refractivity contribution in [2.75, 3.05) is 14.2 Å². The summed E-state index contributed by atoms with van der Waals surface area (Å²) in [5.41, 5.74) is 0.610. The van der Waals surface area contributed by atoms with Gasteiger partial charge in [0, 0.05) is 31.8 Å². The van der Waals surface area contributed by atoms with Crippen LogP contribution in [-0.4, -0.2) is 28.5 Å². The first kappa shape index (κ1) is 20.2. The van der Waals surface area contributed by atoms with Gasteiger partial charge in [-0.1, -0.05) is 24.3 Å². The molecule has 1 aromatic heterocycles. The first-order chi connectivity index (χ1) is 14.0. The normalized spacial score (nSPS) is 10.7. The van der Waals surface area contributed by atoms with E-state index in [0.717, 1.165) is 5.56 Å². The molecule has 9 nitrogen and oxygen atoms in total. The Kier molecular flexibility index (Phi) is 5.99. The average Bonchev–Trinajstić information content (AvgIpc) is 2.98. The molecule has 0 aliphatic carbocycles. The highest BCUT2D eigenvalue weighted by molar-refractivity contribution is 5.42. The van der Waals surface area contributed by atoms with Gasteiger partial charge in [-0.2, -0.15) is 0 Å². The molecule has 0 radical (unpaired) electrons. The Morgan fingerprint density at radius 2 is 1.79 bits per heavy atom. The lowest BCUT2D eigenvalue weighted by atomic mass is 10.2. The van der Waals surface area contributed by atoms with Gasteiger partial charge in [-0.15, -0.1) is 0 Å². The molecule has 0 saturated carbocycles. The second kappa shape index (κ2) is 8.61. The first-order valence-electron chi connectivity index (χ1n) is 8.90. The van der Waals surface area contributed by atoms with Crippen LogP contribution in [0.2, 0.25) is 0 Å². The van der Waals surface area contributed by atoms with Crippen LogP contribution in [0, 0.1) is 10.1 Å². The summed E-state index contributed by atoms with van der Waals surface area (Å²) in [6, 6.07) is 14.2. The van der Waals surface area contributed by atoms with Gasteiger partial charge >= 0.3 is 11.2 Å². The molecule has 2 aromatic carbocycles. The van der Waals surface area contributed by atoms with Gasteiger partial charge in [0.25, 0.3) is 0 Å². The Hall–Kier alpha value is -3.59. The van der Waals surface area contributed by atoms with E-state index in [4.69, 9.17) is 9.47 Å². The molecule has 0 atom stereocenters. The van der Waals surface area contributed by atoms with Crippen molar-refractivity contribution in [3.63, 3.8) is 0 Å². The summed E-state index contributed by atoms with van der Waals surface area (Å²) in [7, 11) is 4.77. The molecule has 0 amide bonds. The Bertz CT molecular complexity index is 1070. The van der Waals surface area contributed by atoms with Gasteiger partial charge in [-0.05, 0) is 18.2 Å². The molecule has 1 N–H and O–H groups in total. The number of methoxy groups -OCH3 is 2. The minimum Gasteiger partial charge on any atom is -0.497 e. The van der Waals surface area contributed by atoms with Crippen LogP contribution < -0.4 is 20.3 Å². The Morgan fingerprint density at radius 1 is 1.07 bits per heavy atom. The third-order valence-electron chi connectivity index (χ3n) is 4.64. The highest BCUT2D eigenvalue weighted by Gasteiger charge is 2.28. The van der Waals surface area contributed by atoms with Crippen LogP contribution in [0.5, 0.6) is 11.5 Å². The van der Waals surface area contributed by atoms with E-state index >= 15 is 0 Å². The van der Waals surface area contributed by atoms with Crippen molar-refractivity contribution in [3.8, 4) is 17.2 Å². The number of benzene rings is 2. The van der Waals surface area contributed by atoms with Gasteiger partial charge in [0.1, 0.15) is 17.2 Å². The third-order valence-corrected chi connectivity index (χ3v) is 4.64. The van der Waals surface area contributed by atoms with Crippen molar-refractivity contribution in [2.24, 2.45) is 7.05 Å². The SMILES string of the molecule is COc1ccc(CNCc2c([N+](=O)[O-])c(=O)n(-c3ccccc3)n2C)c(OC)c1. The Balaban J connectivity index is 1.88. The standard InChI is InChI=1S/C20H22N4O5/c1-22-17(13-21-12-14-9-10-16(28-2)11-18(14)29-3)19(24(26)27)20(25)23(22)15-7-5-4-6-8-15/h4-11,21H,12-13H2,1-3H3. The maximum absolute atomic E-state index is 12.7. The minimum absolute atomic E-state index is 0.136. The fourth-order valence-corrected chi connectivity index (χ4v) is 3.19. The smallest absolute Gasteiger partial charge is 0.357 e. The Morgan fingerprint density at radius 3 is 2.41 bits per heavy atom. The monoisotopic (exact) mass is 398 g/mol. The highest BCUT2D eigenvalue weighted by Crippen LogP contribution is 2.24. The zero-order chi connectivity index (χ0) is 21.0. The number of rotatable bonds is 8. The van der Waals surface area contributed by atoms with Crippen LogP contribution in [0.25, 0.3) is 5.69 Å². The van der Waals surface area contributed by atoms with Crippen molar-refractivity contribution in [3.05, 3.63) is 80.3 Å². The van der Waals surface area contributed by atoms with E-state index in [1.165, 1.54) is 9.36 Å². The summed E-state index contributed by atoms with van der Waals surface area (Å²) in [5.74, 6) is 1.31. The number of nitrogens with one attached hydrogen (secondary N) is 1. The van der Waals surface area contributed by atoms with Crippen LogP contribution >= 0.6 is 0 Å². The first-order valence-corrected chi connectivity index (χ1v) is 8.90. The molecule has 0 unspecified atom stereocenters. The van der Waals surface area contributed by atoms with Gasteiger partial charge in [0.05, 0.1) is 24.8 Å². The second-order valence-corrected chi connectivity index (χ2v) is 6.31. The highest BCUT2D eigenvalue weighted by atomic mass is 16.6. The summed E-state index contributed by atoms with van der Waals surface area (Å²) in [6.07, 6.45) is 0. The van der Waals surface area contributed by atoms with E-state index in [2.05, 4.69) is 5.32 Å². The fourth-order valence-electron chi connectivity index (χ4n) is 3.19. The molecule has 0 spiro atoms. The van der Waals surface area contributed by atoms with Crippen molar-refractivity contribution in [1.82, 2.24) is 14.7 Å². The predicted octanol–water partition coefficient (Wildman–Crippen LogP) is 2.39. The molecule has 0 bridgehead atoms. The van der Waals surface area contributed by atoms with Crippen molar-refractivity contribution in [1.29, 1.82) is 0 Å². The van der Waals surface area contributed by atoms with Crippen molar-refractivity contribution in [2.45, 2.75) is 13.1 Å². The van der Waals surface area contributed by atoms with Crippen LogP contribution in [0.1, 0.15) is 11.3 Å². The maximum Gasteiger partial charge on any atom is 0.357 e. The van der Waals surface area contributed by atoms with E-state index in [-0.39, 0.29) is 12.2 Å². The fraction of sp³-hybridized carbons (Fsp3) is 0.250. The molecule has 9 heteroatoms. The summed E-state index contributed by atoms with van der Waals surface area (Å²) in [4.78, 5) is 23.6. The second-order valence-electron chi connectivity index (χ2n) is 6.31. The lowest BCUT2D eigenvalue weighted by Crippen LogP contribution is -2.21. The van der Waals surface area contributed by atoms with Crippen molar-refractivity contribution >= 4 is 5.69 Å². The number of para-hydroxylation sites is 1. The zero-order valence-corrected chi connectivity index (χ0v) is 16.4. The quantitative estimate of drug-likeness (QED) is 0.462. The number of ether oxygens (including phenoxy) is 2. The third kappa shape index (κ3) is 3.99. The predicted molar refractivity (Wildman–Crippen MR) is 108 cm³/mol. The molecule has 0 fully saturated rings. The molecule has 3 aromatic rings. The number of aromatic nitrogens is 2.